The van der Waals surface area contributed by atoms with Crippen LogP contribution in [0, 0.1) is 6.92 Å². The lowest BCUT2D eigenvalue weighted by molar-refractivity contribution is 0.100. The lowest BCUT2D eigenvalue weighted by Crippen LogP contribution is -2.11. The van der Waals surface area contributed by atoms with Crippen molar-refractivity contribution in [1.29, 1.82) is 0 Å². The Morgan fingerprint density at radius 3 is 2.52 bits per heavy atom. The average Bonchev–Trinajstić information content (AvgIpc) is 3.25. The fraction of sp³-hybridized carbons (Fsp3) is 0.368. The Hall–Kier alpha value is -3.00. The van der Waals surface area contributed by atoms with E-state index in [1.165, 1.54) is 0 Å². The van der Waals surface area contributed by atoms with Gasteiger partial charge in [0.1, 0.15) is 5.69 Å². The number of ether oxygens (including phenoxy) is 1. The molecular weight excluding hydrogens is 344 g/mol. The van der Waals surface area contributed by atoms with Crippen molar-refractivity contribution in [2.45, 2.75) is 33.9 Å². The van der Waals surface area contributed by atoms with Crippen molar-refractivity contribution in [3.8, 4) is 22.9 Å². The van der Waals surface area contributed by atoms with E-state index in [0.717, 1.165) is 22.8 Å². The molecule has 2 N–H and O–H groups in total. The maximum atomic E-state index is 11.3. The zero-order valence-corrected chi connectivity index (χ0v) is 15.8. The molecule has 0 unspecified atom stereocenters. The molecule has 3 rings (SSSR count). The lowest BCUT2D eigenvalue weighted by atomic mass is 10.1. The van der Waals surface area contributed by atoms with Gasteiger partial charge in [0.2, 0.25) is 5.91 Å². The molecule has 0 aliphatic heterocycles. The number of rotatable bonds is 8. The molecule has 0 spiro atoms. The predicted octanol–water partition coefficient (Wildman–Crippen LogP) is 2.27. The zero-order valence-electron chi connectivity index (χ0n) is 15.8. The first kappa shape index (κ1) is 18.8. The van der Waals surface area contributed by atoms with E-state index >= 15 is 0 Å². The first-order valence-electron chi connectivity index (χ1n) is 9.01. The molecule has 0 radical (unpaired) electrons. The van der Waals surface area contributed by atoms with Crippen molar-refractivity contribution in [3.05, 3.63) is 41.6 Å². The van der Waals surface area contributed by atoms with Crippen LogP contribution in [0.2, 0.25) is 0 Å². The monoisotopic (exact) mass is 368 g/mol. The number of hydrogen-bond donors (Lipinski definition) is 1. The smallest absolute Gasteiger partial charge is 0.248 e. The van der Waals surface area contributed by atoms with Gasteiger partial charge >= 0.3 is 0 Å². The summed E-state index contributed by atoms with van der Waals surface area (Å²) in [6.45, 7) is 8.54. The summed E-state index contributed by atoms with van der Waals surface area (Å²) in [5.74, 6) is 0.893. The number of carbonyl (C=O) groups is 1. The van der Waals surface area contributed by atoms with E-state index in [-0.39, 0.29) is 0 Å². The summed E-state index contributed by atoms with van der Waals surface area (Å²) in [7, 11) is 0. The molecule has 2 heterocycles. The van der Waals surface area contributed by atoms with Crippen LogP contribution < -0.4 is 5.73 Å². The van der Waals surface area contributed by atoms with Crippen LogP contribution in [0.5, 0.6) is 0 Å². The van der Waals surface area contributed by atoms with E-state index in [1.54, 1.807) is 24.3 Å². The molecule has 0 saturated carbocycles. The third kappa shape index (κ3) is 4.06. The summed E-state index contributed by atoms with van der Waals surface area (Å²) in [6, 6.07) is 8.97. The second-order valence-corrected chi connectivity index (χ2v) is 6.11. The second-order valence-electron chi connectivity index (χ2n) is 6.11. The third-order valence-electron chi connectivity index (χ3n) is 4.18. The van der Waals surface area contributed by atoms with Crippen LogP contribution in [0.25, 0.3) is 22.9 Å². The number of aryl methyl sites for hydroxylation is 2. The van der Waals surface area contributed by atoms with Crippen molar-refractivity contribution in [2.75, 3.05) is 13.2 Å². The highest BCUT2D eigenvalue weighted by Crippen LogP contribution is 2.24. The highest BCUT2D eigenvalue weighted by molar-refractivity contribution is 5.93. The van der Waals surface area contributed by atoms with Crippen molar-refractivity contribution in [3.63, 3.8) is 0 Å². The van der Waals surface area contributed by atoms with Gasteiger partial charge in [-0.25, -0.2) is 9.67 Å². The fourth-order valence-corrected chi connectivity index (χ4v) is 2.85. The van der Waals surface area contributed by atoms with Gasteiger partial charge in [-0.3, -0.25) is 9.48 Å². The van der Waals surface area contributed by atoms with Crippen molar-refractivity contribution in [2.24, 2.45) is 5.73 Å². The minimum absolute atomic E-state index is 0.456. The van der Waals surface area contributed by atoms with Crippen LogP contribution in [0.15, 0.2) is 30.3 Å². The molecule has 0 saturated heterocycles. The fourth-order valence-electron chi connectivity index (χ4n) is 2.85. The highest BCUT2D eigenvalue weighted by Gasteiger charge is 2.17. The second kappa shape index (κ2) is 8.13. The van der Waals surface area contributed by atoms with E-state index < -0.39 is 5.91 Å². The SMILES string of the molecule is CCOCCn1nc(C)cc1-c1nc(-c2ccc(C(N)=O)cc2)nn1CC. The van der Waals surface area contributed by atoms with E-state index in [1.807, 2.05) is 36.2 Å². The average molecular weight is 368 g/mol. The molecule has 0 atom stereocenters. The van der Waals surface area contributed by atoms with Gasteiger partial charge in [-0.2, -0.15) is 10.2 Å². The van der Waals surface area contributed by atoms with E-state index in [9.17, 15) is 4.79 Å². The van der Waals surface area contributed by atoms with Gasteiger partial charge in [0, 0.05) is 24.3 Å². The Morgan fingerprint density at radius 2 is 1.89 bits per heavy atom. The van der Waals surface area contributed by atoms with Crippen LogP contribution in [0.4, 0.5) is 0 Å². The summed E-state index contributed by atoms with van der Waals surface area (Å²) in [6.07, 6.45) is 0. The van der Waals surface area contributed by atoms with Gasteiger partial charge in [-0.05, 0) is 39.0 Å². The molecule has 1 aromatic carbocycles. The van der Waals surface area contributed by atoms with Crippen LogP contribution >= 0.6 is 0 Å². The molecule has 8 heteroatoms. The largest absolute Gasteiger partial charge is 0.380 e. The molecule has 2 aromatic heterocycles. The summed E-state index contributed by atoms with van der Waals surface area (Å²) < 4.78 is 9.21. The molecule has 0 bridgehead atoms. The van der Waals surface area contributed by atoms with E-state index in [2.05, 4.69) is 10.2 Å². The normalized spacial score (nSPS) is 11.1. The van der Waals surface area contributed by atoms with Crippen molar-refractivity contribution in [1.82, 2.24) is 24.5 Å². The maximum absolute atomic E-state index is 11.3. The Kier molecular flexibility index (Phi) is 5.66. The minimum Gasteiger partial charge on any atom is -0.380 e. The predicted molar refractivity (Wildman–Crippen MR) is 102 cm³/mol. The summed E-state index contributed by atoms with van der Waals surface area (Å²) in [5.41, 5.74) is 8.40. The summed E-state index contributed by atoms with van der Waals surface area (Å²) >= 11 is 0. The molecular formula is C19H24N6O2. The molecule has 0 fully saturated rings. The minimum atomic E-state index is -0.456. The van der Waals surface area contributed by atoms with Crippen molar-refractivity contribution >= 4 is 5.91 Å². The quantitative estimate of drug-likeness (QED) is 0.615. The molecule has 8 nitrogen and oxygen atoms in total. The standard InChI is InChI=1S/C19H24N6O2/c1-4-24-19(16-12-13(3)22-25(16)10-11-27-5-2)21-18(23-24)15-8-6-14(7-9-15)17(20)26/h6-9,12H,4-5,10-11H2,1-3H3,(H2,20,26). The van der Waals surface area contributed by atoms with Crippen LogP contribution in [-0.2, 0) is 17.8 Å². The first-order chi connectivity index (χ1) is 13.0. The van der Waals surface area contributed by atoms with Crippen molar-refractivity contribution < 1.29 is 9.53 Å². The van der Waals surface area contributed by atoms with Gasteiger partial charge in [0.15, 0.2) is 11.6 Å². The summed E-state index contributed by atoms with van der Waals surface area (Å²) in [4.78, 5) is 16.0. The van der Waals surface area contributed by atoms with Crippen LogP contribution in [0.1, 0.15) is 29.9 Å². The topological polar surface area (TPSA) is 101 Å². The number of nitrogens with zero attached hydrogens (tertiary/aromatic N) is 5. The molecule has 1 amide bonds. The van der Waals surface area contributed by atoms with E-state index in [4.69, 9.17) is 15.5 Å². The molecule has 0 aliphatic rings. The number of benzene rings is 1. The van der Waals surface area contributed by atoms with Gasteiger partial charge in [0.05, 0.1) is 18.8 Å². The Balaban J connectivity index is 1.96. The third-order valence-corrected chi connectivity index (χ3v) is 4.18. The number of aromatic nitrogens is 5. The van der Waals surface area contributed by atoms with E-state index in [0.29, 0.717) is 37.7 Å². The molecule has 142 valence electrons. The Bertz CT molecular complexity index is 926. The Labute approximate surface area is 158 Å². The van der Waals surface area contributed by atoms with Crippen LogP contribution in [0.3, 0.4) is 0 Å². The molecule has 0 aliphatic carbocycles. The van der Waals surface area contributed by atoms with Gasteiger partial charge < -0.3 is 10.5 Å². The number of carbonyl (C=O) groups excluding carboxylic acids is 1. The number of primary amides is 1. The number of amides is 1. The molecule has 27 heavy (non-hydrogen) atoms. The van der Waals surface area contributed by atoms with Gasteiger partial charge in [-0.15, -0.1) is 0 Å². The van der Waals surface area contributed by atoms with Crippen LogP contribution in [-0.4, -0.2) is 43.7 Å². The van der Waals surface area contributed by atoms with Gasteiger partial charge in [-0.1, -0.05) is 12.1 Å². The number of hydrogen-bond acceptors (Lipinski definition) is 5. The Morgan fingerprint density at radius 1 is 1.15 bits per heavy atom. The van der Waals surface area contributed by atoms with Gasteiger partial charge in [0.25, 0.3) is 0 Å². The number of nitrogens with two attached hydrogens (primary N) is 1. The first-order valence-corrected chi connectivity index (χ1v) is 9.01. The lowest BCUT2D eigenvalue weighted by Gasteiger charge is -2.07. The molecule has 3 aromatic rings. The zero-order chi connectivity index (χ0) is 19.4. The highest BCUT2D eigenvalue weighted by atomic mass is 16.5. The maximum Gasteiger partial charge on any atom is 0.248 e. The summed E-state index contributed by atoms with van der Waals surface area (Å²) in [5, 5.41) is 9.17.